The van der Waals surface area contributed by atoms with Crippen LogP contribution in [-0.2, 0) is 0 Å². The van der Waals surface area contributed by atoms with Crippen molar-refractivity contribution in [2.75, 3.05) is 19.5 Å². The van der Waals surface area contributed by atoms with Crippen LogP contribution in [0.2, 0.25) is 15.6 Å². The fraction of sp³-hybridized carbons (Fsp3) is 0.182. The molecule has 0 unspecified atom stereocenters. The standard InChI is InChI=1S/C11H9Cl3N4O2/c1-19-7-4-6(8(20-2)3-5(7)12)15-11-17-9(13)16-10(14)18-11/h3-4H,1-2H3,(H,15,16,17,18). The van der Waals surface area contributed by atoms with Gasteiger partial charge >= 0.3 is 0 Å². The summed E-state index contributed by atoms with van der Waals surface area (Å²) >= 11 is 17.4. The number of benzene rings is 1. The number of halogens is 3. The second kappa shape index (κ2) is 6.30. The summed E-state index contributed by atoms with van der Waals surface area (Å²) in [6.07, 6.45) is 0. The van der Waals surface area contributed by atoms with Crippen molar-refractivity contribution in [1.29, 1.82) is 0 Å². The number of hydrogen-bond donors (Lipinski definition) is 1. The zero-order chi connectivity index (χ0) is 14.7. The van der Waals surface area contributed by atoms with Crippen molar-refractivity contribution in [2.24, 2.45) is 0 Å². The minimum absolute atomic E-state index is 0.0209. The van der Waals surface area contributed by atoms with Crippen LogP contribution in [0.4, 0.5) is 11.6 Å². The van der Waals surface area contributed by atoms with Crippen LogP contribution in [0.25, 0.3) is 0 Å². The van der Waals surface area contributed by atoms with E-state index in [0.29, 0.717) is 22.2 Å². The van der Waals surface area contributed by atoms with E-state index in [1.165, 1.54) is 14.2 Å². The van der Waals surface area contributed by atoms with Gasteiger partial charge in [0.1, 0.15) is 11.5 Å². The fourth-order valence-electron chi connectivity index (χ4n) is 1.46. The van der Waals surface area contributed by atoms with E-state index in [1.807, 2.05) is 0 Å². The number of nitrogens with zero attached hydrogens (tertiary/aromatic N) is 3. The first-order chi connectivity index (χ1) is 9.53. The second-order valence-corrected chi connectivity index (χ2v) is 4.59. The van der Waals surface area contributed by atoms with Crippen LogP contribution in [0.3, 0.4) is 0 Å². The molecular weight excluding hydrogens is 327 g/mol. The highest BCUT2D eigenvalue weighted by Gasteiger charge is 2.12. The Labute approximate surface area is 130 Å². The highest BCUT2D eigenvalue weighted by molar-refractivity contribution is 6.32. The Morgan fingerprint density at radius 3 is 2.05 bits per heavy atom. The third-order valence-corrected chi connectivity index (χ3v) is 2.93. The maximum Gasteiger partial charge on any atom is 0.232 e. The van der Waals surface area contributed by atoms with Gasteiger partial charge in [-0.2, -0.15) is 15.0 Å². The molecule has 1 aromatic carbocycles. The minimum atomic E-state index is -0.0209. The molecule has 6 nitrogen and oxygen atoms in total. The third kappa shape index (κ3) is 3.33. The van der Waals surface area contributed by atoms with Crippen molar-refractivity contribution >= 4 is 46.4 Å². The van der Waals surface area contributed by atoms with Gasteiger partial charge in [0.05, 0.1) is 24.9 Å². The molecule has 1 heterocycles. The van der Waals surface area contributed by atoms with E-state index in [0.717, 1.165) is 0 Å². The number of hydrogen-bond acceptors (Lipinski definition) is 6. The summed E-state index contributed by atoms with van der Waals surface area (Å²) in [7, 11) is 3.02. The first-order valence-corrected chi connectivity index (χ1v) is 6.42. The van der Waals surface area contributed by atoms with Gasteiger partial charge in [0.25, 0.3) is 0 Å². The van der Waals surface area contributed by atoms with E-state index in [1.54, 1.807) is 12.1 Å². The summed E-state index contributed by atoms with van der Waals surface area (Å²) < 4.78 is 10.4. The molecule has 0 spiro atoms. The lowest BCUT2D eigenvalue weighted by Gasteiger charge is -2.13. The maximum absolute atomic E-state index is 6.02. The molecule has 2 rings (SSSR count). The van der Waals surface area contributed by atoms with Gasteiger partial charge < -0.3 is 14.8 Å². The number of ether oxygens (including phenoxy) is 2. The Hall–Kier alpha value is -1.50. The van der Waals surface area contributed by atoms with E-state index in [9.17, 15) is 0 Å². The van der Waals surface area contributed by atoms with Gasteiger partial charge in [0, 0.05) is 12.1 Å². The lowest BCUT2D eigenvalue weighted by Crippen LogP contribution is -2.01. The van der Waals surface area contributed by atoms with Crippen molar-refractivity contribution in [3.63, 3.8) is 0 Å². The number of nitrogens with one attached hydrogen (secondary N) is 1. The number of methoxy groups -OCH3 is 2. The van der Waals surface area contributed by atoms with Crippen molar-refractivity contribution in [1.82, 2.24) is 15.0 Å². The Bertz CT molecular complexity index is 619. The molecule has 9 heteroatoms. The summed E-state index contributed by atoms with van der Waals surface area (Å²) in [4.78, 5) is 11.5. The van der Waals surface area contributed by atoms with Crippen molar-refractivity contribution in [3.05, 3.63) is 27.7 Å². The topological polar surface area (TPSA) is 69.2 Å². The smallest absolute Gasteiger partial charge is 0.232 e. The van der Waals surface area contributed by atoms with E-state index >= 15 is 0 Å². The van der Waals surface area contributed by atoms with Gasteiger partial charge in [-0.15, -0.1) is 0 Å². The van der Waals surface area contributed by atoms with Crippen LogP contribution >= 0.6 is 34.8 Å². The summed E-state index contributed by atoms with van der Waals surface area (Å²) in [5, 5.41) is 3.29. The molecular formula is C11H9Cl3N4O2. The lowest BCUT2D eigenvalue weighted by atomic mass is 10.2. The molecule has 0 bridgehead atoms. The van der Waals surface area contributed by atoms with Gasteiger partial charge in [0.2, 0.25) is 16.5 Å². The SMILES string of the molecule is COc1cc(Nc2nc(Cl)nc(Cl)n2)c(OC)cc1Cl. The molecule has 2 aromatic rings. The second-order valence-electron chi connectivity index (χ2n) is 3.51. The molecule has 0 radical (unpaired) electrons. The zero-order valence-electron chi connectivity index (χ0n) is 10.4. The molecule has 0 aliphatic heterocycles. The quantitative estimate of drug-likeness (QED) is 0.921. The first kappa shape index (κ1) is 14.9. The summed E-state index contributed by atoms with van der Waals surface area (Å²) in [5.74, 6) is 1.14. The fourth-order valence-corrected chi connectivity index (χ4v) is 2.05. The van der Waals surface area contributed by atoms with Crippen molar-refractivity contribution in [2.45, 2.75) is 0 Å². The predicted octanol–water partition coefficient (Wildman–Crippen LogP) is 3.59. The minimum Gasteiger partial charge on any atom is -0.495 e. The van der Waals surface area contributed by atoms with Gasteiger partial charge in [-0.1, -0.05) is 11.6 Å². The van der Waals surface area contributed by atoms with Gasteiger partial charge in [-0.05, 0) is 23.2 Å². The van der Waals surface area contributed by atoms with Gasteiger partial charge in [-0.25, -0.2) is 0 Å². The van der Waals surface area contributed by atoms with Crippen LogP contribution in [0.1, 0.15) is 0 Å². The average molecular weight is 336 g/mol. The molecule has 0 saturated heterocycles. The third-order valence-electron chi connectivity index (χ3n) is 2.30. The number of anilines is 2. The van der Waals surface area contributed by atoms with Gasteiger partial charge in [0.15, 0.2) is 0 Å². The molecule has 0 atom stereocenters. The Balaban J connectivity index is 2.41. The lowest BCUT2D eigenvalue weighted by molar-refractivity contribution is 0.405. The molecule has 0 amide bonds. The van der Waals surface area contributed by atoms with Crippen LogP contribution < -0.4 is 14.8 Å². The largest absolute Gasteiger partial charge is 0.495 e. The highest BCUT2D eigenvalue weighted by Crippen LogP contribution is 2.36. The van der Waals surface area contributed by atoms with Crippen LogP contribution in [-0.4, -0.2) is 29.2 Å². The molecule has 1 N–H and O–H groups in total. The van der Waals surface area contributed by atoms with Crippen LogP contribution in [0, 0.1) is 0 Å². The van der Waals surface area contributed by atoms with Crippen LogP contribution in [0.5, 0.6) is 11.5 Å². The highest BCUT2D eigenvalue weighted by atomic mass is 35.5. The van der Waals surface area contributed by atoms with Gasteiger partial charge in [-0.3, -0.25) is 0 Å². The van der Waals surface area contributed by atoms with Crippen molar-refractivity contribution < 1.29 is 9.47 Å². The van der Waals surface area contributed by atoms with E-state index < -0.39 is 0 Å². The molecule has 106 valence electrons. The van der Waals surface area contributed by atoms with E-state index in [4.69, 9.17) is 44.3 Å². The molecule has 0 saturated carbocycles. The molecule has 20 heavy (non-hydrogen) atoms. The maximum atomic E-state index is 6.02. The summed E-state index contributed by atoms with van der Waals surface area (Å²) in [6.45, 7) is 0. The number of aromatic nitrogens is 3. The predicted molar refractivity (Wildman–Crippen MR) is 77.7 cm³/mol. The molecule has 0 fully saturated rings. The number of rotatable bonds is 4. The monoisotopic (exact) mass is 334 g/mol. The van der Waals surface area contributed by atoms with Crippen molar-refractivity contribution in [3.8, 4) is 11.5 Å². The first-order valence-electron chi connectivity index (χ1n) is 5.29. The summed E-state index contributed by atoms with van der Waals surface area (Å²) in [5.41, 5.74) is 0.548. The molecule has 0 aliphatic carbocycles. The Morgan fingerprint density at radius 1 is 0.900 bits per heavy atom. The summed E-state index contributed by atoms with van der Waals surface area (Å²) in [6, 6.07) is 3.25. The zero-order valence-corrected chi connectivity index (χ0v) is 12.7. The normalized spacial score (nSPS) is 10.2. The average Bonchev–Trinajstić information content (AvgIpc) is 2.39. The van der Waals surface area contributed by atoms with E-state index in [-0.39, 0.29) is 16.5 Å². The molecule has 0 aliphatic rings. The Kier molecular flexibility index (Phi) is 4.69. The Morgan fingerprint density at radius 2 is 1.50 bits per heavy atom. The molecule has 1 aromatic heterocycles. The van der Waals surface area contributed by atoms with Crippen LogP contribution in [0.15, 0.2) is 12.1 Å². The van der Waals surface area contributed by atoms with E-state index in [2.05, 4.69) is 20.3 Å².